The molecule has 8 heteroatoms. The van der Waals surface area contributed by atoms with Gasteiger partial charge in [0.25, 0.3) is 5.91 Å². The van der Waals surface area contributed by atoms with Gasteiger partial charge in [0.15, 0.2) is 5.82 Å². The van der Waals surface area contributed by atoms with Gasteiger partial charge in [0.05, 0.1) is 11.3 Å². The van der Waals surface area contributed by atoms with E-state index in [1.807, 2.05) is 42.5 Å². The number of anilines is 2. The topological polar surface area (TPSA) is 88.3 Å². The molecule has 0 saturated carbocycles. The Morgan fingerprint density at radius 1 is 1.24 bits per heavy atom. The highest BCUT2D eigenvalue weighted by Gasteiger charge is 2.22. The fraction of sp³-hybridized carbons (Fsp3) is 0.238. The second-order valence-corrected chi connectivity index (χ2v) is 7.69. The smallest absolute Gasteiger partial charge is 0.256 e. The monoisotopic (exact) mass is 408 g/mol. The van der Waals surface area contributed by atoms with Crippen LogP contribution in [0, 0.1) is 6.92 Å². The van der Waals surface area contributed by atoms with E-state index < -0.39 is 0 Å². The summed E-state index contributed by atoms with van der Waals surface area (Å²) in [6, 6.07) is 14.8. The van der Waals surface area contributed by atoms with E-state index in [0.717, 1.165) is 17.0 Å². The number of thioether (sulfide) groups is 1. The molecule has 2 aromatic carbocycles. The van der Waals surface area contributed by atoms with Crippen LogP contribution in [-0.4, -0.2) is 28.5 Å². The van der Waals surface area contributed by atoms with E-state index >= 15 is 0 Å². The standard InChI is InChI=1S/C21H20N4O3S/c1-14-22-19(28-24-14)13-29-18-9-3-2-8-17(18)21(27)23-15-6-4-7-16(12-15)25-11-5-10-20(25)26/h2-4,6-9,12H,5,10-11,13H2,1H3,(H,23,27). The summed E-state index contributed by atoms with van der Waals surface area (Å²) in [6.45, 7) is 2.48. The van der Waals surface area contributed by atoms with Crippen molar-refractivity contribution in [1.82, 2.24) is 10.1 Å². The van der Waals surface area contributed by atoms with Crippen molar-refractivity contribution in [3.8, 4) is 0 Å². The van der Waals surface area contributed by atoms with Gasteiger partial charge in [-0.05, 0) is 43.7 Å². The zero-order chi connectivity index (χ0) is 20.2. The van der Waals surface area contributed by atoms with Crippen LogP contribution in [0.5, 0.6) is 0 Å². The average Bonchev–Trinajstić information content (AvgIpc) is 3.34. The number of hydrogen-bond acceptors (Lipinski definition) is 6. The van der Waals surface area contributed by atoms with Crippen LogP contribution in [0.15, 0.2) is 57.9 Å². The third-order valence-corrected chi connectivity index (χ3v) is 5.60. The predicted molar refractivity (Wildman–Crippen MR) is 111 cm³/mol. The van der Waals surface area contributed by atoms with E-state index in [2.05, 4.69) is 15.5 Å². The number of rotatable bonds is 6. The zero-order valence-corrected chi connectivity index (χ0v) is 16.7. The maximum Gasteiger partial charge on any atom is 0.256 e. The maximum absolute atomic E-state index is 12.9. The molecule has 2 heterocycles. The van der Waals surface area contributed by atoms with Crippen molar-refractivity contribution in [2.45, 2.75) is 30.4 Å². The highest BCUT2D eigenvalue weighted by atomic mass is 32.2. The molecule has 7 nitrogen and oxygen atoms in total. The summed E-state index contributed by atoms with van der Waals surface area (Å²) in [6.07, 6.45) is 1.43. The molecular formula is C21H20N4O3S. The lowest BCUT2D eigenvalue weighted by Crippen LogP contribution is -2.23. The van der Waals surface area contributed by atoms with Gasteiger partial charge in [-0.3, -0.25) is 9.59 Å². The molecule has 0 atom stereocenters. The van der Waals surface area contributed by atoms with Crippen molar-refractivity contribution in [2.75, 3.05) is 16.8 Å². The summed E-state index contributed by atoms with van der Waals surface area (Å²) < 4.78 is 5.14. The molecule has 3 aromatic rings. The minimum absolute atomic E-state index is 0.117. The quantitative estimate of drug-likeness (QED) is 0.619. The third-order valence-electron chi connectivity index (χ3n) is 4.54. The van der Waals surface area contributed by atoms with Crippen molar-refractivity contribution in [2.24, 2.45) is 0 Å². The van der Waals surface area contributed by atoms with Crippen LogP contribution in [0.2, 0.25) is 0 Å². The molecule has 1 N–H and O–H groups in total. The number of aromatic nitrogens is 2. The number of hydrogen-bond donors (Lipinski definition) is 1. The number of nitrogens with zero attached hydrogens (tertiary/aromatic N) is 3. The summed E-state index contributed by atoms with van der Waals surface area (Å²) in [5, 5.41) is 6.72. The van der Waals surface area contributed by atoms with E-state index in [1.165, 1.54) is 11.8 Å². The van der Waals surface area contributed by atoms with Crippen molar-refractivity contribution >= 4 is 35.0 Å². The largest absolute Gasteiger partial charge is 0.338 e. The molecule has 29 heavy (non-hydrogen) atoms. The van der Waals surface area contributed by atoms with Gasteiger partial charge in [-0.25, -0.2) is 0 Å². The number of carbonyl (C=O) groups is 2. The Kier molecular flexibility index (Phi) is 5.62. The predicted octanol–water partition coefficient (Wildman–Crippen LogP) is 4.05. The van der Waals surface area contributed by atoms with Crippen LogP contribution in [0.3, 0.4) is 0 Å². The lowest BCUT2D eigenvalue weighted by molar-refractivity contribution is -0.117. The van der Waals surface area contributed by atoms with Crippen LogP contribution in [0.4, 0.5) is 11.4 Å². The maximum atomic E-state index is 12.9. The lowest BCUT2D eigenvalue weighted by atomic mass is 10.2. The minimum Gasteiger partial charge on any atom is -0.338 e. The van der Waals surface area contributed by atoms with E-state index in [1.54, 1.807) is 17.9 Å². The van der Waals surface area contributed by atoms with Gasteiger partial charge in [-0.1, -0.05) is 23.4 Å². The third kappa shape index (κ3) is 4.48. The Hall–Kier alpha value is -3.13. The first-order chi connectivity index (χ1) is 14.1. The molecule has 0 aliphatic carbocycles. The summed E-state index contributed by atoms with van der Waals surface area (Å²) in [5.41, 5.74) is 2.02. The highest BCUT2D eigenvalue weighted by molar-refractivity contribution is 7.98. The molecule has 1 fully saturated rings. The van der Waals surface area contributed by atoms with Gasteiger partial charge in [0.1, 0.15) is 0 Å². The Balaban J connectivity index is 1.48. The van der Waals surface area contributed by atoms with Gasteiger partial charge in [0, 0.05) is 29.2 Å². The molecule has 0 spiro atoms. The summed E-state index contributed by atoms with van der Waals surface area (Å²) >= 11 is 1.47. The van der Waals surface area contributed by atoms with E-state index in [-0.39, 0.29) is 11.8 Å². The molecule has 1 aliphatic rings. The number of amides is 2. The van der Waals surface area contributed by atoms with Crippen molar-refractivity contribution in [3.63, 3.8) is 0 Å². The molecule has 4 rings (SSSR count). The first kappa shape index (κ1) is 19.2. The molecule has 1 aromatic heterocycles. The van der Waals surface area contributed by atoms with Gasteiger partial charge >= 0.3 is 0 Å². The fourth-order valence-corrected chi connectivity index (χ4v) is 4.08. The van der Waals surface area contributed by atoms with Crippen LogP contribution in [-0.2, 0) is 10.5 Å². The zero-order valence-electron chi connectivity index (χ0n) is 15.9. The fourth-order valence-electron chi connectivity index (χ4n) is 3.19. The van der Waals surface area contributed by atoms with Gasteiger partial charge in [-0.2, -0.15) is 4.98 Å². The van der Waals surface area contributed by atoms with Crippen molar-refractivity contribution in [1.29, 1.82) is 0 Å². The molecule has 148 valence electrons. The van der Waals surface area contributed by atoms with Gasteiger partial charge < -0.3 is 14.7 Å². The van der Waals surface area contributed by atoms with E-state index in [4.69, 9.17) is 4.52 Å². The van der Waals surface area contributed by atoms with Gasteiger partial charge in [0.2, 0.25) is 11.8 Å². The second kappa shape index (κ2) is 8.48. The highest BCUT2D eigenvalue weighted by Crippen LogP contribution is 2.28. The van der Waals surface area contributed by atoms with Gasteiger partial charge in [-0.15, -0.1) is 11.8 Å². The Morgan fingerprint density at radius 3 is 2.86 bits per heavy atom. The number of aryl methyl sites for hydroxylation is 1. The second-order valence-electron chi connectivity index (χ2n) is 6.67. The SMILES string of the molecule is Cc1noc(CSc2ccccc2C(=O)Nc2cccc(N3CCCC3=O)c2)n1. The first-order valence-corrected chi connectivity index (χ1v) is 10.3. The average molecular weight is 408 g/mol. The van der Waals surface area contributed by atoms with E-state index in [0.29, 0.717) is 41.7 Å². The first-order valence-electron chi connectivity index (χ1n) is 9.33. The number of carbonyl (C=O) groups excluding carboxylic acids is 2. The van der Waals surface area contributed by atoms with E-state index in [9.17, 15) is 9.59 Å². The normalized spacial score (nSPS) is 13.7. The summed E-state index contributed by atoms with van der Waals surface area (Å²) in [4.78, 5) is 31.6. The Labute approximate surface area is 172 Å². The molecule has 0 bridgehead atoms. The number of nitrogens with one attached hydrogen (secondary N) is 1. The molecule has 0 unspecified atom stereocenters. The molecule has 2 amide bonds. The molecule has 1 saturated heterocycles. The van der Waals surface area contributed by atoms with Crippen LogP contribution < -0.4 is 10.2 Å². The molecule has 1 aliphatic heterocycles. The Morgan fingerprint density at radius 2 is 2.10 bits per heavy atom. The van der Waals surface area contributed by atoms with Crippen molar-refractivity contribution < 1.29 is 14.1 Å². The summed E-state index contributed by atoms with van der Waals surface area (Å²) in [7, 11) is 0. The number of benzene rings is 2. The molecule has 0 radical (unpaired) electrons. The van der Waals surface area contributed by atoms with Crippen LogP contribution in [0.25, 0.3) is 0 Å². The Bertz CT molecular complexity index is 1050. The van der Waals surface area contributed by atoms with Crippen molar-refractivity contribution in [3.05, 3.63) is 65.8 Å². The summed E-state index contributed by atoms with van der Waals surface area (Å²) in [5.74, 6) is 1.50. The van der Waals surface area contributed by atoms with Crippen LogP contribution in [0.1, 0.15) is 34.9 Å². The molecular weight excluding hydrogens is 388 g/mol. The van der Waals surface area contributed by atoms with Crippen LogP contribution >= 0.6 is 11.8 Å². The lowest BCUT2D eigenvalue weighted by Gasteiger charge is -2.17. The minimum atomic E-state index is -0.209.